The topological polar surface area (TPSA) is 96.5 Å². The second kappa shape index (κ2) is 9.77. The van der Waals surface area contributed by atoms with Gasteiger partial charge in [-0.15, -0.1) is 0 Å². The maximum Gasteiger partial charge on any atom is 0.352 e. The van der Waals surface area contributed by atoms with Gasteiger partial charge < -0.3 is 24.9 Å². The highest BCUT2D eigenvalue weighted by Crippen LogP contribution is 2.33. The Hall–Kier alpha value is -4.52. The molecule has 5 rings (SSSR count). The smallest absolute Gasteiger partial charge is 0.352 e. The van der Waals surface area contributed by atoms with E-state index in [0.717, 1.165) is 38.7 Å². The number of para-hydroxylation sites is 1. The first-order chi connectivity index (χ1) is 17.2. The van der Waals surface area contributed by atoms with Crippen molar-refractivity contribution in [2.45, 2.75) is 12.8 Å². The lowest BCUT2D eigenvalue weighted by Crippen LogP contribution is -2.04. The molecule has 0 aliphatic carbocycles. The van der Waals surface area contributed by atoms with Gasteiger partial charge in [0.1, 0.15) is 17.1 Å². The summed E-state index contributed by atoms with van der Waals surface area (Å²) in [4.78, 5) is 19.4. The first kappa shape index (κ1) is 22.3. The maximum atomic E-state index is 12.0. The van der Waals surface area contributed by atoms with Crippen LogP contribution >= 0.6 is 0 Å². The third-order valence-electron chi connectivity index (χ3n) is 5.97. The van der Waals surface area contributed by atoms with Gasteiger partial charge in [-0.25, -0.2) is 9.78 Å². The molecule has 3 N–H and O–H groups in total. The van der Waals surface area contributed by atoms with E-state index in [1.807, 2.05) is 60.7 Å². The monoisotopic (exact) mass is 467 g/mol. The van der Waals surface area contributed by atoms with Gasteiger partial charge in [0.15, 0.2) is 0 Å². The summed E-state index contributed by atoms with van der Waals surface area (Å²) >= 11 is 0. The fraction of sp³-hybridized carbons (Fsp3) is 0.143. The van der Waals surface area contributed by atoms with E-state index in [-0.39, 0.29) is 5.69 Å². The fourth-order valence-electron chi connectivity index (χ4n) is 4.37. The van der Waals surface area contributed by atoms with E-state index < -0.39 is 5.97 Å². The van der Waals surface area contributed by atoms with Crippen molar-refractivity contribution in [3.8, 4) is 11.6 Å². The number of aromatic amines is 1. The molecule has 0 fully saturated rings. The van der Waals surface area contributed by atoms with Crippen LogP contribution in [0, 0.1) is 0 Å². The normalized spacial score (nSPS) is 11.0. The summed E-state index contributed by atoms with van der Waals surface area (Å²) in [7, 11) is 1.56. The zero-order chi connectivity index (χ0) is 24.2. The van der Waals surface area contributed by atoms with E-state index in [0.29, 0.717) is 31.0 Å². The zero-order valence-corrected chi connectivity index (χ0v) is 19.2. The summed E-state index contributed by atoms with van der Waals surface area (Å²) in [5, 5.41) is 16.2. The number of carboxylic acid groups (broad SMARTS) is 1. The zero-order valence-electron chi connectivity index (χ0n) is 19.2. The van der Waals surface area contributed by atoms with Crippen LogP contribution in [0.5, 0.6) is 11.6 Å². The molecule has 35 heavy (non-hydrogen) atoms. The van der Waals surface area contributed by atoms with Crippen LogP contribution in [-0.4, -0.2) is 34.8 Å². The Labute approximate surface area is 202 Å². The van der Waals surface area contributed by atoms with E-state index in [2.05, 4.69) is 27.4 Å². The Balaban J connectivity index is 1.38. The van der Waals surface area contributed by atoms with Gasteiger partial charge in [0.2, 0.25) is 5.88 Å². The number of anilines is 2. The van der Waals surface area contributed by atoms with Gasteiger partial charge in [0.25, 0.3) is 0 Å². The minimum Gasteiger partial charge on any atom is -0.493 e. The summed E-state index contributed by atoms with van der Waals surface area (Å²) < 4.78 is 11.4. The van der Waals surface area contributed by atoms with Gasteiger partial charge in [-0.05, 0) is 48.1 Å². The lowest BCUT2D eigenvalue weighted by molar-refractivity contribution is 0.0690. The third kappa shape index (κ3) is 4.48. The minimum absolute atomic E-state index is 0.192. The second-order valence-electron chi connectivity index (χ2n) is 8.13. The van der Waals surface area contributed by atoms with E-state index in [4.69, 9.17) is 9.47 Å². The van der Waals surface area contributed by atoms with Crippen LogP contribution < -0.4 is 14.8 Å². The number of hydrogen-bond donors (Lipinski definition) is 3. The standard InChI is InChI=1S/C28H25N3O4/c1-34-27-23(14-6-16-29-27)30-22-13-5-11-20-21(26(28(32)33)31-25(20)22)12-7-17-35-24-15-4-9-18-8-2-3-10-19(18)24/h2-6,8-11,13-16,30-31H,7,12,17H2,1H3,(H,32,33). The van der Waals surface area contributed by atoms with Crippen LogP contribution in [0.4, 0.5) is 11.4 Å². The van der Waals surface area contributed by atoms with E-state index in [1.165, 1.54) is 0 Å². The van der Waals surface area contributed by atoms with E-state index in [9.17, 15) is 9.90 Å². The Morgan fingerprint density at radius 3 is 2.60 bits per heavy atom. The highest BCUT2D eigenvalue weighted by molar-refractivity contribution is 6.02. The van der Waals surface area contributed by atoms with Gasteiger partial charge in [-0.2, -0.15) is 0 Å². The summed E-state index contributed by atoms with van der Waals surface area (Å²) in [6.45, 7) is 0.477. The second-order valence-corrected chi connectivity index (χ2v) is 8.13. The lowest BCUT2D eigenvalue weighted by Gasteiger charge is -2.11. The molecular weight excluding hydrogens is 442 g/mol. The van der Waals surface area contributed by atoms with Gasteiger partial charge >= 0.3 is 5.97 Å². The average molecular weight is 468 g/mol. The van der Waals surface area contributed by atoms with Gasteiger partial charge in [-0.3, -0.25) is 0 Å². The molecule has 3 aromatic carbocycles. The maximum absolute atomic E-state index is 12.0. The predicted octanol–water partition coefficient (Wildman–Crippen LogP) is 6.18. The Morgan fingerprint density at radius 1 is 0.971 bits per heavy atom. The van der Waals surface area contributed by atoms with Crippen molar-refractivity contribution in [1.29, 1.82) is 0 Å². The number of aryl methyl sites for hydroxylation is 1. The summed E-state index contributed by atoms with van der Waals surface area (Å²) in [5.74, 6) is 0.300. The largest absolute Gasteiger partial charge is 0.493 e. The number of aromatic nitrogens is 2. The Morgan fingerprint density at radius 2 is 1.74 bits per heavy atom. The number of pyridine rings is 1. The third-order valence-corrected chi connectivity index (χ3v) is 5.97. The molecule has 0 bridgehead atoms. The number of benzene rings is 3. The molecule has 0 radical (unpaired) electrons. The molecule has 0 atom stereocenters. The molecule has 0 saturated heterocycles. The molecule has 7 heteroatoms. The van der Waals surface area contributed by atoms with Crippen LogP contribution in [0.3, 0.4) is 0 Å². The molecule has 2 heterocycles. The number of fused-ring (bicyclic) bond motifs is 2. The molecule has 0 saturated carbocycles. The van der Waals surface area contributed by atoms with E-state index in [1.54, 1.807) is 13.3 Å². The minimum atomic E-state index is -0.990. The van der Waals surface area contributed by atoms with Crippen molar-refractivity contribution in [2.24, 2.45) is 0 Å². The van der Waals surface area contributed by atoms with Crippen LogP contribution in [0.15, 0.2) is 79.0 Å². The van der Waals surface area contributed by atoms with Crippen LogP contribution in [0.2, 0.25) is 0 Å². The van der Waals surface area contributed by atoms with Gasteiger partial charge in [-0.1, -0.05) is 48.5 Å². The highest BCUT2D eigenvalue weighted by atomic mass is 16.5. The number of carbonyl (C=O) groups is 1. The lowest BCUT2D eigenvalue weighted by atomic mass is 10.0. The number of rotatable bonds is 9. The predicted molar refractivity (Wildman–Crippen MR) is 137 cm³/mol. The van der Waals surface area contributed by atoms with Crippen molar-refractivity contribution in [1.82, 2.24) is 9.97 Å². The molecule has 0 amide bonds. The fourth-order valence-corrected chi connectivity index (χ4v) is 4.37. The number of ether oxygens (including phenoxy) is 2. The van der Waals surface area contributed by atoms with Gasteiger partial charge in [0.05, 0.1) is 24.9 Å². The quantitative estimate of drug-likeness (QED) is 0.224. The number of carboxylic acids is 1. The van der Waals surface area contributed by atoms with Crippen LogP contribution in [0.25, 0.3) is 21.7 Å². The number of hydrogen-bond acceptors (Lipinski definition) is 5. The number of nitrogens with one attached hydrogen (secondary N) is 2. The molecule has 5 aromatic rings. The average Bonchev–Trinajstić information content (AvgIpc) is 3.27. The Kier molecular flexibility index (Phi) is 6.22. The summed E-state index contributed by atoms with van der Waals surface area (Å²) in [5.41, 5.74) is 3.11. The molecule has 7 nitrogen and oxygen atoms in total. The van der Waals surface area contributed by atoms with Crippen molar-refractivity contribution in [3.05, 3.63) is 90.3 Å². The molecule has 0 aliphatic rings. The van der Waals surface area contributed by atoms with Crippen LogP contribution in [0.1, 0.15) is 22.5 Å². The number of methoxy groups -OCH3 is 1. The number of aromatic carboxylic acids is 1. The summed E-state index contributed by atoms with van der Waals surface area (Å²) in [6.07, 6.45) is 2.89. The first-order valence-electron chi connectivity index (χ1n) is 11.4. The molecule has 2 aromatic heterocycles. The van der Waals surface area contributed by atoms with E-state index >= 15 is 0 Å². The van der Waals surface area contributed by atoms with Crippen molar-refractivity contribution < 1.29 is 19.4 Å². The summed E-state index contributed by atoms with van der Waals surface area (Å²) in [6, 6.07) is 23.5. The number of nitrogens with zero attached hydrogens (tertiary/aromatic N) is 1. The SMILES string of the molecule is COc1ncccc1Nc1cccc2c(CCCOc3cccc4ccccc34)c(C(=O)O)[nH]c12. The number of H-pyrrole nitrogens is 1. The van der Waals surface area contributed by atoms with Crippen molar-refractivity contribution in [3.63, 3.8) is 0 Å². The highest BCUT2D eigenvalue weighted by Gasteiger charge is 2.19. The first-order valence-corrected chi connectivity index (χ1v) is 11.4. The van der Waals surface area contributed by atoms with Crippen molar-refractivity contribution in [2.75, 3.05) is 19.0 Å². The van der Waals surface area contributed by atoms with Crippen molar-refractivity contribution >= 4 is 39.0 Å². The molecule has 0 spiro atoms. The molecule has 0 unspecified atom stereocenters. The molecular formula is C28H25N3O4. The van der Waals surface area contributed by atoms with Gasteiger partial charge in [0, 0.05) is 17.0 Å². The molecule has 176 valence electrons. The Bertz CT molecular complexity index is 1500. The molecule has 0 aliphatic heterocycles. The van der Waals surface area contributed by atoms with Crippen LogP contribution in [-0.2, 0) is 6.42 Å².